The van der Waals surface area contributed by atoms with Gasteiger partial charge < -0.3 is 15.7 Å². The zero-order valence-corrected chi connectivity index (χ0v) is 13.1. The van der Waals surface area contributed by atoms with Crippen LogP contribution in [0.2, 0.25) is 0 Å². The van der Waals surface area contributed by atoms with Crippen molar-refractivity contribution in [3.05, 3.63) is 59.2 Å². The van der Waals surface area contributed by atoms with E-state index in [0.29, 0.717) is 0 Å². The van der Waals surface area contributed by atoms with Crippen LogP contribution in [0.25, 0.3) is 0 Å². The van der Waals surface area contributed by atoms with E-state index in [0.717, 1.165) is 12.1 Å². The lowest BCUT2D eigenvalue weighted by Crippen LogP contribution is -2.23. The summed E-state index contributed by atoms with van der Waals surface area (Å²) in [5.41, 5.74) is -0.127. The van der Waals surface area contributed by atoms with Gasteiger partial charge >= 0.3 is 5.97 Å². The number of rotatable bonds is 6. The maximum absolute atomic E-state index is 13.3. The fourth-order valence-corrected chi connectivity index (χ4v) is 2.13. The van der Waals surface area contributed by atoms with Gasteiger partial charge in [-0.25, -0.2) is 13.6 Å². The molecule has 0 aliphatic rings. The minimum atomic E-state index is -1.21. The van der Waals surface area contributed by atoms with Gasteiger partial charge in [-0.15, -0.1) is 0 Å². The summed E-state index contributed by atoms with van der Waals surface area (Å²) in [6.07, 6.45) is 0. The number of carboxylic acids is 1. The first-order valence-electron chi connectivity index (χ1n) is 7.15. The molecular weight excluding hydrogens is 334 g/mol. The first-order chi connectivity index (χ1) is 11.8. The van der Waals surface area contributed by atoms with E-state index in [9.17, 15) is 23.2 Å². The van der Waals surface area contributed by atoms with Gasteiger partial charge in [-0.2, -0.15) is 0 Å². The van der Waals surface area contributed by atoms with Crippen molar-refractivity contribution >= 4 is 29.0 Å². The van der Waals surface area contributed by atoms with Crippen LogP contribution < -0.4 is 10.6 Å². The van der Waals surface area contributed by atoms with Gasteiger partial charge in [0, 0.05) is 17.3 Å². The van der Waals surface area contributed by atoms with Crippen molar-refractivity contribution in [2.24, 2.45) is 0 Å². The molecular formula is C17H14F2N2O4. The molecule has 0 fully saturated rings. The molecule has 25 heavy (non-hydrogen) atoms. The number of Topliss-reactive ketones (excluding diaryl/α,β-unsaturated/α-hetero) is 1. The molecule has 0 heterocycles. The molecule has 0 bridgehead atoms. The largest absolute Gasteiger partial charge is 0.478 e. The van der Waals surface area contributed by atoms with Crippen molar-refractivity contribution in [3.63, 3.8) is 0 Å². The van der Waals surface area contributed by atoms with Crippen molar-refractivity contribution < 1.29 is 28.3 Å². The Morgan fingerprint density at radius 1 is 1.00 bits per heavy atom. The fourth-order valence-electron chi connectivity index (χ4n) is 2.13. The van der Waals surface area contributed by atoms with Gasteiger partial charge in [0.05, 0.1) is 17.8 Å². The van der Waals surface area contributed by atoms with Gasteiger partial charge in [0.1, 0.15) is 0 Å². The highest BCUT2D eigenvalue weighted by atomic mass is 19.2. The molecule has 0 aliphatic heterocycles. The number of anilines is 2. The van der Waals surface area contributed by atoms with Crippen molar-refractivity contribution in [1.29, 1.82) is 0 Å². The molecule has 1 amide bonds. The summed E-state index contributed by atoms with van der Waals surface area (Å²) in [6.45, 7) is 0.806. The van der Waals surface area contributed by atoms with Gasteiger partial charge in [0.15, 0.2) is 17.4 Å². The lowest BCUT2D eigenvalue weighted by atomic mass is 10.1. The summed E-state index contributed by atoms with van der Waals surface area (Å²) in [5, 5.41) is 14.0. The molecule has 2 aromatic rings. The highest BCUT2D eigenvalue weighted by Gasteiger charge is 2.15. The molecule has 8 heteroatoms. The minimum absolute atomic E-state index is 0.0342. The summed E-state index contributed by atoms with van der Waals surface area (Å²) in [4.78, 5) is 34.6. The van der Waals surface area contributed by atoms with Crippen LogP contribution in [-0.2, 0) is 4.79 Å². The van der Waals surface area contributed by atoms with E-state index in [1.54, 1.807) is 6.07 Å². The van der Waals surface area contributed by atoms with Gasteiger partial charge in [-0.1, -0.05) is 12.1 Å². The van der Waals surface area contributed by atoms with Gasteiger partial charge in [-0.05, 0) is 25.1 Å². The van der Waals surface area contributed by atoms with Crippen molar-refractivity contribution in [1.82, 2.24) is 0 Å². The molecule has 3 N–H and O–H groups in total. The highest BCUT2D eigenvalue weighted by Crippen LogP contribution is 2.21. The minimum Gasteiger partial charge on any atom is -0.478 e. The summed E-state index contributed by atoms with van der Waals surface area (Å²) in [7, 11) is 0. The topological polar surface area (TPSA) is 95.5 Å². The number of nitrogens with one attached hydrogen (secondary N) is 2. The van der Waals surface area contributed by atoms with E-state index in [1.165, 1.54) is 25.1 Å². The first-order valence-corrected chi connectivity index (χ1v) is 7.15. The van der Waals surface area contributed by atoms with Crippen LogP contribution in [0.3, 0.4) is 0 Å². The number of carbonyl (C=O) groups excluding carboxylic acids is 2. The van der Waals surface area contributed by atoms with Crippen molar-refractivity contribution in [2.75, 3.05) is 17.2 Å². The molecule has 0 spiro atoms. The molecule has 0 unspecified atom stereocenters. The van der Waals surface area contributed by atoms with Gasteiger partial charge in [-0.3, -0.25) is 9.59 Å². The van der Waals surface area contributed by atoms with Gasteiger partial charge in [0.2, 0.25) is 5.91 Å². The fraction of sp³-hybridized carbons (Fsp3) is 0.118. The Balaban J connectivity index is 2.12. The molecule has 0 radical (unpaired) electrons. The molecule has 2 aromatic carbocycles. The highest BCUT2D eigenvalue weighted by molar-refractivity contribution is 6.03. The Morgan fingerprint density at radius 2 is 1.64 bits per heavy atom. The van der Waals surface area contributed by atoms with Crippen molar-refractivity contribution in [3.8, 4) is 0 Å². The second kappa shape index (κ2) is 7.52. The van der Waals surface area contributed by atoms with Crippen LogP contribution in [-0.4, -0.2) is 29.3 Å². The van der Waals surface area contributed by atoms with Crippen LogP contribution >= 0.6 is 0 Å². The molecule has 0 aromatic heterocycles. The van der Waals surface area contributed by atoms with E-state index in [-0.39, 0.29) is 29.0 Å². The maximum atomic E-state index is 13.3. The van der Waals surface area contributed by atoms with E-state index < -0.39 is 29.3 Å². The third-order valence-electron chi connectivity index (χ3n) is 3.31. The average Bonchev–Trinajstić information content (AvgIpc) is 2.55. The molecule has 0 aliphatic carbocycles. The van der Waals surface area contributed by atoms with Crippen LogP contribution in [0.1, 0.15) is 27.6 Å². The Bertz CT molecular complexity index is 853. The summed E-state index contributed by atoms with van der Waals surface area (Å²) in [6, 6.07) is 7.34. The smallest absolute Gasteiger partial charge is 0.337 e. The zero-order valence-electron chi connectivity index (χ0n) is 13.1. The number of benzene rings is 2. The number of aromatic carboxylic acids is 1. The molecule has 2 rings (SSSR count). The Hall–Kier alpha value is -3.29. The molecule has 0 saturated carbocycles. The number of ketones is 1. The number of halogens is 2. The van der Waals surface area contributed by atoms with Crippen LogP contribution in [0.15, 0.2) is 36.4 Å². The van der Waals surface area contributed by atoms with Gasteiger partial charge in [0.25, 0.3) is 0 Å². The molecule has 0 saturated heterocycles. The van der Waals surface area contributed by atoms with Crippen LogP contribution in [0.4, 0.5) is 20.2 Å². The number of hydrogen-bond acceptors (Lipinski definition) is 4. The summed E-state index contributed by atoms with van der Waals surface area (Å²) >= 11 is 0. The van der Waals surface area contributed by atoms with E-state index in [1.807, 2.05) is 0 Å². The number of hydrogen-bond donors (Lipinski definition) is 3. The predicted molar refractivity (Wildman–Crippen MR) is 86.9 cm³/mol. The third-order valence-corrected chi connectivity index (χ3v) is 3.31. The Labute approximate surface area is 141 Å². The molecule has 130 valence electrons. The number of carbonyl (C=O) groups is 3. The van der Waals surface area contributed by atoms with E-state index in [4.69, 9.17) is 5.11 Å². The van der Waals surface area contributed by atoms with Crippen molar-refractivity contribution in [2.45, 2.75) is 6.92 Å². The Kier molecular flexibility index (Phi) is 5.43. The number of amides is 1. The number of para-hydroxylation sites is 1. The second-order valence-corrected chi connectivity index (χ2v) is 5.12. The lowest BCUT2D eigenvalue weighted by Gasteiger charge is -2.12. The average molecular weight is 348 g/mol. The van der Waals surface area contributed by atoms with E-state index >= 15 is 0 Å². The summed E-state index contributed by atoms with van der Waals surface area (Å²) in [5.74, 6) is -4.66. The quantitative estimate of drug-likeness (QED) is 0.698. The second-order valence-electron chi connectivity index (χ2n) is 5.12. The molecule has 6 nitrogen and oxygen atoms in total. The van der Waals surface area contributed by atoms with Crippen LogP contribution in [0.5, 0.6) is 0 Å². The Morgan fingerprint density at radius 3 is 2.28 bits per heavy atom. The first kappa shape index (κ1) is 18.1. The van der Waals surface area contributed by atoms with Crippen LogP contribution in [0, 0.1) is 11.6 Å². The number of carboxylic acid groups (broad SMARTS) is 1. The molecule has 0 atom stereocenters. The standard InChI is InChI=1S/C17H14F2N2O4/c1-9(22)11-6-12(18)13(19)7-15(11)20-8-16(23)21-14-5-3-2-4-10(14)17(24)25/h2-7,20H,8H2,1H3,(H,21,23)(H,24,25). The SMILES string of the molecule is CC(=O)c1cc(F)c(F)cc1NCC(=O)Nc1ccccc1C(=O)O. The zero-order chi connectivity index (χ0) is 18.6. The monoisotopic (exact) mass is 348 g/mol. The lowest BCUT2D eigenvalue weighted by molar-refractivity contribution is -0.114. The van der Waals surface area contributed by atoms with E-state index in [2.05, 4.69) is 10.6 Å². The maximum Gasteiger partial charge on any atom is 0.337 e. The third kappa shape index (κ3) is 4.37. The normalized spacial score (nSPS) is 10.2. The summed E-state index contributed by atoms with van der Waals surface area (Å²) < 4.78 is 26.6. The predicted octanol–water partition coefficient (Wildman–Crippen LogP) is 2.92.